The largest absolute Gasteiger partial charge is 0.260 e. The van der Waals surface area contributed by atoms with Crippen LogP contribution in [0.5, 0.6) is 0 Å². The monoisotopic (exact) mass is 324 g/mol. The van der Waals surface area contributed by atoms with Crippen molar-refractivity contribution in [2.24, 2.45) is 0 Å². The van der Waals surface area contributed by atoms with Crippen LogP contribution in [0.2, 0.25) is 5.02 Å². The second kappa shape index (κ2) is 4.96. The highest BCUT2D eigenvalue weighted by molar-refractivity contribution is 6.33. The predicted octanol–water partition coefficient (Wildman–Crippen LogP) is 3.31. The Bertz CT molecular complexity index is 1070. The Morgan fingerprint density at radius 3 is 2.61 bits per heavy atom. The molecule has 0 aliphatic carbocycles. The number of hydrogen-bond acceptors (Lipinski definition) is 5. The number of aromatic nitrogens is 6. The van der Waals surface area contributed by atoms with Crippen LogP contribution in [0.15, 0.2) is 24.4 Å². The standard InChI is InChI=1S/C16H13ClN6/c1-8-4-5-13-16(19-8)23-14(10(3)20-13)21-22-15(23)11-6-9(2)18-7-12(11)17/h4-7H,1-3H3. The van der Waals surface area contributed by atoms with Crippen LogP contribution in [0.3, 0.4) is 0 Å². The summed E-state index contributed by atoms with van der Waals surface area (Å²) in [5.74, 6) is 0.643. The Hall–Kier alpha value is -2.60. The highest BCUT2D eigenvalue weighted by atomic mass is 35.5. The third-order valence-corrected chi connectivity index (χ3v) is 4.01. The van der Waals surface area contributed by atoms with Gasteiger partial charge in [0, 0.05) is 23.1 Å². The minimum atomic E-state index is 0.528. The second-order valence-corrected chi connectivity index (χ2v) is 5.89. The molecule has 114 valence electrons. The molecule has 0 aliphatic rings. The topological polar surface area (TPSA) is 68.9 Å². The van der Waals surface area contributed by atoms with Crippen LogP contribution in [-0.2, 0) is 0 Å². The van der Waals surface area contributed by atoms with Gasteiger partial charge < -0.3 is 0 Å². The quantitative estimate of drug-likeness (QED) is 0.537. The van der Waals surface area contributed by atoms with Crippen molar-refractivity contribution >= 4 is 28.4 Å². The maximum absolute atomic E-state index is 6.33. The van der Waals surface area contributed by atoms with Gasteiger partial charge in [-0.2, -0.15) is 0 Å². The molecule has 23 heavy (non-hydrogen) atoms. The maximum atomic E-state index is 6.33. The zero-order chi connectivity index (χ0) is 16.1. The number of fused-ring (bicyclic) bond motifs is 3. The Balaban J connectivity index is 2.18. The molecule has 0 saturated carbocycles. The van der Waals surface area contributed by atoms with Crippen molar-refractivity contribution in [1.82, 2.24) is 29.5 Å². The molecule has 4 heterocycles. The minimum absolute atomic E-state index is 0.528. The Kier molecular flexibility index (Phi) is 3.02. The van der Waals surface area contributed by atoms with Crippen molar-refractivity contribution in [3.63, 3.8) is 0 Å². The average Bonchev–Trinajstić information content (AvgIpc) is 2.96. The summed E-state index contributed by atoms with van der Waals surface area (Å²) in [5, 5.41) is 9.13. The van der Waals surface area contributed by atoms with Crippen LogP contribution in [0.1, 0.15) is 17.1 Å². The van der Waals surface area contributed by atoms with Gasteiger partial charge in [-0.25, -0.2) is 9.97 Å². The fourth-order valence-electron chi connectivity index (χ4n) is 2.63. The van der Waals surface area contributed by atoms with Crippen molar-refractivity contribution in [3.05, 3.63) is 46.5 Å². The number of rotatable bonds is 1. The van der Waals surface area contributed by atoms with E-state index in [9.17, 15) is 0 Å². The lowest BCUT2D eigenvalue weighted by Crippen LogP contribution is -2.01. The molecule has 0 fully saturated rings. The molecule has 0 unspecified atom stereocenters. The van der Waals surface area contributed by atoms with E-state index in [1.54, 1.807) is 6.20 Å². The van der Waals surface area contributed by atoms with Gasteiger partial charge in [-0.3, -0.25) is 9.38 Å². The third kappa shape index (κ3) is 2.14. The van der Waals surface area contributed by atoms with Gasteiger partial charge >= 0.3 is 0 Å². The van der Waals surface area contributed by atoms with E-state index < -0.39 is 0 Å². The first-order valence-electron chi connectivity index (χ1n) is 7.16. The van der Waals surface area contributed by atoms with E-state index in [1.807, 2.05) is 43.4 Å². The molecule has 0 spiro atoms. The molecule has 0 aliphatic heterocycles. The van der Waals surface area contributed by atoms with Crippen molar-refractivity contribution < 1.29 is 0 Å². The van der Waals surface area contributed by atoms with Gasteiger partial charge in [-0.15, -0.1) is 10.2 Å². The molecule has 0 N–H and O–H groups in total. The molecule has 7 heteroatoms. The lowest BCUT2D eigenvalue weighted by molar-refractivity contribution is 1.09. The van der Waals surface area contributed by atoms with E-state index >= 15 is 0 Å². The van der Waals surface area contributed by atoms with Crippen LogP contribution in [0.4, 0.5) is 0 Å². The summed E-state index contributed by atoms with van der Waals surface area (Å²) >= 11 is 6.33. The number of halogens is 1. The Morgan fingerprint density at radius 1 is 0.957 bits per heavy atom. The lowest BCUT2D eigenvalue weighted by atomic mass is 10.2. The van der Waals surface area contributed by atoms with Gasteiger partial charge in [0.25, 0.3) is 0 Å². The molecule has 4 aromatic rings. The first kappa shape index (κ1) is 14.0. The lowest BCUT2D eigenvalue weighted by Gasteiger charge is -2.08. The van der Waals surface area contributed by atoms with Crippen LogP contribution >= 0.6 is 11.6 Å². The highest BCUT2D eigenvalue weighted by Gasteiger charge is 2.17. The fraction of sp³-hybridized carbons (Fsp3) is 0.188. The van der Waals surface area contributed by atoms with E-state index in [0.717, 1.165) is 33.8 Å². The summed E-state index contributed by atoms with van der Waals surface area (Å²) in [7, 11) is 0. The molecule has 6 nitrogen and oxygen atoms in total. The van der Waals surface area contributed by atoms with Gasteiger partial charge in [0.1, 0.15) is 5.52 Å². The zero-order valence-electron chi connectivity index (χ0n) is 12.9. The molecular formula is C16H13ClN6. The van der Waals surface area contributed by atoms with Crippen LogP contribution in [0.25, 0.3) is 28.2 Å². The fourth-order valence-corrected chi connectivity index (χ4v) is 2.81. The first-order valence-corrected chi connectivity index (χ1v) is 7.54. The van der Waals surface area contributed by atoms with Crippen LogP contribution in [0, 0.1) is 20.8 Å². The normalized spacial score (nSPS) is 11.5. The Labute approximate surface area is 137 Å². The number of nitrogens with zero attached hydrogens (tertiary/aromatic N) is 6. The van der Waals surface area contributed by atoms with Gasteiger partial charge in [0.2, 0.25) is 0 Å². The first-order chi connectivity index (χ1) is 11.0. The van der Waals surface area contributed by atoms with Crippen molar-refractivity contribution in [3.8, 4) is 11.4 Å². The van der Waals surface area contributed by atoms with E-state index in [4.69, 9.17) is 11.6 Å². The van der Waals surface area contributed by atoms with Gasteiger partial charge in [0.05, 0.1) is 10.7 Å². The van der Waals surface area contributed by atoms with E-state index in [0.29, 0.717) is 16.5 Å². The summed E-state index contributed by atoms with van der Waals surface area (Å²) < 4.78 is 1.91. The summed E-state index contributed by atoms with van der Waals surface area (Å²) in [4.78, 5) is 13.4. The molecule has 4 rings (SSSR count). The molecule has 0 amide bonds. The minimum Gasteiger partial charge on any atom is -0.260 e. The number of aryl methyl sites for hydroxylation is 3. The molecule has 4 aromatic heterocycles. The van der Waals surface area contributed by atoms with Crippen molar-refractivity contribution in [1.29, 1.82) is 0 Å². The van der Waals surface area contributed by atoms with E-state index in [2.05, 4.69) is 25.1 Å². The summed E-state index contributed by atoms with van der Waals surface area (Å²) in [6, 6.07) is 5.79. The van der Waals surface area contributed by atoms with Crippen molar-refractivity contribution in [2.45, 2.75) is 20.8 Å². The smallest absolute Gasteiger partial charge is 0.184 e. The SMILES string of the molecule is Cc1cc(-c2nnc3c(C)nc4ccc(C)nc4n23)c(Cl)cn1. The molecule has 0 atom stereocenters. The molecule has 0 bridgehead atoms. The van der Waals surface area contributed by atoms with Crippen LogP contribution < -0.4 is 0 Å². The zero-order valence-corrected chi connectivity index (χ0v) is 13.6. The summed E-state index contributed by atoms with van der Waals surface area (Å²) in [6.45, 7) is 5.77. The van der Waals surface area contributed by atoms with E-state index in [-0.39, 0.29) is 0 Å². The third-order valence-electron chi connectivity index (χ3n) is 3.71. The predicted molar refractivity (Wildman–Crippen MR) is 88.5 cm³/mol. The summed E-state index contributed by atoms with van der Waals surface area (Å²) in [6.07, 6.45) is 1.63. The summed E-state index contributed by atoms with van der Waals surface area (Å²) in [5.41, 5.74) is 5.53. The molecular weight excluding hydrogens is 312 g/mol. The van der Waals surface area contributed by atoms with Gasteiger partial charge in [0.15, 0.2) is 17.1 Å². The number of hydrogen-bond donors (Lipinski definition) is 0. The van der Waals surface area contributed by atoms with Crippen molar-refractivity contribution in [2.75, 3.05) is 0 Å². The molecule has 0 saturated heterocycles. The van der Waals surface area contributed by atoms with Gasteiger partial charge in [-0.1, -0.05) is 11.6 Å². The second-order valence-electron chi connectivity index (χ2n) is 5.48. The Morgan fingerprint density at radius 2 is 1.78 bits per heavy atom. The highest BCUT2D eigenvalue weighted by Crippen LogP contribution is 2.29. The van der Waals surface area contributed by atoms with E-state index in [1.165, 1.54) is 0 Å². The number of pyridine rings is 2. The molecule has 0 radical (unpaired) electrons. The maximum Gasteiger partial charge on any atom is 0.184 e. The van der Waals surface area contributed by atoms with Crippen LogP contribution in [-0.4, -0.2) is 29.5 Å². The van der Waals surface area contributed by atoms with Gasteiger partial charge in [-0.05, 0) is 39.0 Å². The average molecular weight is 325 g/mol. The molecule has 0 aromatic carbocycles.